The molecule has 2 amide bonds. The lowest BCUT2D eigenvalue weighted by atomic mass is 9.98. The number of nitrogens with one attached hydrogen (secondary N) is 2. The van der Waals surface area contributed by atoms with Gasteiger partial charge < -0.3 is 20.5 Å². The van der Waals surface area contributed by atoms with E-state index in [1.54, 1.807) is 13.8 Å². The highest BCUT2D eigenvalue weighted by Crippen LogP contribution is 2.44. The Hall–Kier alpha value is -3.00. The van der Waals surface area contributed by atoms with Gasteiger partial charge in [0.25, 0.3) is 0 Å². The van der Waals surface area contributed by atoms with Crippen LogP contribution in [0.1, 0.15) is 30.9 Å². The number of hydrogen-bond acceptors (Lipinski definition) is 5. The van der Waals surface area contributed by atoms with Crippen molar-refractivity contribution in [1.82, 2.24) is 10.6 Å². The van der Waals surface area contributed by atoms with Crippen LogP contribution in [0.15, 0.2) is 48.5 Å². The number of carboxylic acid groups (broad SMARTS) is 1. The summed E-state index contributed by atoms with van der Waals surface area (Å²) in [7, 11) is 0. The van der Waals surface area contributed by atoms with Crippen LogP contribution in [0.3, 0.4) is 0 Å². The lowest BCUT2D eigenvalue weighted by Gasteiger charge is -2.17. The van der Waals surface area contributed by atoms with E-state index >= 15 is 0 Å². The molecular formula is C24H28N2O5S. The van der Waals surface area contributed by atoms with Crippen molar-refractivity contribution in [3.05, 3.63) is 59.7 Å². The number of aliphatic carboxylic acids is 1. The third kappa shape index (κ3) is 5.82. The van der Waals surface area contributed by atoms with E-state index in [0.717, 1.165) is 11.1 Å². The number of ether oxygens (including phenoxy) is 1. The summed E-state index contributed by atoms with van der Waals surface area (Å²) in [6.45, 7) is 4.08. The van der Waals surface area contributed by atoms with E-state index in [0.29, 0.717) is 12.3 Å². The molecule has 7 nitrogen and oxygen atoms in total. The van der Waals surface area contributed by atoms with E-state index in [9.17, 15) is 14.4 Å². The third-order valence-electron chi connectivity index (χ3n) is 5.34. The molecule has 3 rings (SSSR count). The van der Waals surface area contributed by atoms with Crippen molar-refractivity contribution in [2.24, 2.45) is 5.92 Å². The van der Waals surface area contributed by atoms with Crippen LogP contribution >= 0.6 is 11.8 Å². The van der Waals surface area contributed by atoms with E-state index in [1.165, 1.54) is 22.9 Å². The summed E-state index contributed by atoms with van der Waals surface area (Å²) in [5.74, 6) is -0.932. The smallest absolute Gasteiger partial charge is 0.407 e. The lowest BCUT2D eigenvalue weighted by molar-refractivity contribution is -0.142. The number of thioether (sulfide) groups is 1. The number of carbonyl (C=O) groups excluding carboxylic acids is 2. The Morgan fingerprint density at radius 2 is 1.62 bits per heavy atom. The predicted octanol–water partition coefficient (Wildman–Crippen LogP) is 3.48. The minimum absolute atomic E-state index is 0.00867. The maximum atomic E-state index is 12.1. The van der Waals surface area contributed by atoms with Crippen LogP contribution < -0.4 is 10.6 Å². The molecule has 0 saturated carbocycles. The minimum atomic E-state index is -1.05. The summed E-state index contributed by atoms with van der Waals surface area (Å²) in [6.07, 6.45) is -0.498. The van der Waals surface area contributed by atoms with Crippen LogP contribution in [0, 0.1) is 5.92 Å². The fourth-order valence-corrected chi connectivity index (χ4v) is 4.43. The number of rotatable bonds is 10. The van der Waals surface area contributed by atoms with Crippen molar-refractivity contribution in [3.8, 4) is 11.1 Å². The zero-order valence-corrected chi connectivity index (χ0v) is 19.0. The van der Waals surface area contributed by atoms with Gasteiger partial charge in [0.15, 0.2) is 0 Å². The highest BCUT2D eigenvalue weighted by molar-refractivity contribution is 7.99. The summed E-state index contributed by atoms with van der Waals surface area (Å²) in [4.78, 5) is 35.2. The number of hydrogen-bond donors (Lipinski definition) is 3. The molecule has 8 heteroatoms. The first-order valence-corrected chi connectivity index (χ1v) is 11.7. The molecule has 0 radical (unpaired) electrons. The quantitative estimate of drug-likeness (QED) is 0.473. The second-order valence-corrected chi connectivity index (χ2v) is 9.04. The van der Waals surface area contributed by atoms with E-state index in [4.69, 9.17) is 9.84 Å². The molecule has 1 aliphatic carbocycles. The van der Waals surface area contributed by atoms with Crippen LogP contribution in [-0.4, -0.2) is 53.8 Å². The first-order valence-electron chi connectivity index (χ1n) is 10.6. The van der Waals surface area contributed by atoms with Gasteiger partial charge in [-0.05, 0) is 28.2 Å². The Balaban J connectivity index is 1.38. The van der Waals surface area contributed by atoms with E-state index in [2.05, 4.69) is 34.9 Å². The number of alkyl carbamates (subject to hydrolysis) is 1. The van der Waals surface area contributed by atoms with Crippen molar-refractivity contribution in [2.75, 3.05) is 24.7 Å². The highest BCUT2D eigenvalue weighted by Gasteiger charge is 2.29. The molecule has 1 atom stereocenters. The van der Waals surface area contributed by atoms with Gasteiger partial charge in [0.05, 0.1) is 5.75 Å². The molecule has 2 aromatic carbocycles. The topological polar surface area (TPSA) is 105 Å². The van der Waals surface area contributed by atoms with Gasteiger partial charge in [-0.25, -0.2) is 9.59 Å². The first kappa shape index (κ1) is 23.7. The Labute approximate surface area is 191 Å². The standard InChI is InChI=1S/C24H28N2O5S/c1-15(2)22(23(28)29)26-21(27)14-32-12-11-25-24(30)31-13-20-18-9-5-3-7-16(18)17-8-4-6-10-19(17)20/h3-10,15,20,22H,11-14H2,1-2H3,(H,25,30)(H,26,27)(H,28,29)/t22-/m1/s1. The van der Waals surface area contributed by atoms with E-state index < -0.39 is 18.1 Å². The van der Waals surface area contributed by atoms with Gasteiger partial charge in [-0.2, -0.15) is 11.8 Å². The number of fused-ring (bicyclic) bond motifs is 3. The molecule has 170 valence electrons. The Morgan fingerprint density at radius 3 is 2.19 bits per heavy atom. The Morgan fingerprint density at radius 1 is 1.03 bits per heavy atom. The normalized spacial score (nSPS) is 13.2. The second kappa shape index (κ2) is 11.0. The predicted molar refractivity (Wildman–Crippen MR) is 125 cm³/mol. The molecule has 0 saturated heterocycles. The fraction of sp³-hybridized carbons (Fsp3) is 0.375. The number of carboxylic acids is 1. The molecule has 0 bridgehead atoms. The highest BCUT2D eigenvalue weighted by atomic mass is 32.2. The molecule has 0 aromatic heterocycles. The summed E-state index contributed by atoms with van der Waals surface area (Å²) in [5.41, 5.74) is 4.66. The molecule has 0 aliphatic heterocycles. The molecule has 1 aliphatic rings. The Bertz CT molecular complexity index is 933. The molecule has 0 unspecified atom stereocenters. The van der Waals surface area contributed by atoms with Crippen molar-refractivity contribution in [2.45, 2.75) is 25.8 Å². The van der Waals surface area contributed by atoms with Gasteiger partial charge in [-0.15, -0.1) is 0 Å². The number of benzene rings is 2. The monoisotopic (exact) mass is 456 g/mol. The average Bonchev–Trinajstić information content (AvgIpc) is 3.09. The summed E-state index contributed by atoms with van der Waals surface area (Å²) >= 11 is 1.32. The van der Waals surface area contributed by atoms with Gasteiger partial charge in [0.2, 0.25) is 5.91 Å². The second-order valence-electron chi connectivity index (χ2n) is 7.93. The van der Waals surface area contributed by atoms with Gasteiger partial charge in [-0.3, -0.25) is 4.79 Å². The van der Waals surface area contributed by atoms with Crippen LogP contribution in [0.5, 0.6) is 0 Å². The van der Waals surface area contributed by atoms with E-state index in [1.807, 2.05) is 24.3 Å². The minimum Gasteiger partial charge on any atom is -0.480 e. The summed E-state index contributed by atoms with van der Waals surface area (Å²) in [6, 6.07) is 15.4. The fourth-order valence-electron chi connectivity index (χ4n) is 3.77. The van der Waals surface area contributed by atoms with Gasteiger partial charge >= 0.3 is 12.1 Å². The third-order valence-corrected chi connectivity index (χ3v) is 6.30. The van der Waals surface area contributed by atoms with Crippen LogP contribution in [0.25, 0.3) is 11.1 Å². The van der Waals surface area contributed by atoms with Crippen molar-refractivity contribution in [3.63, 3.8) is 0 Å². The van der Waals surface area contributed by atoms with Crippen LogP contribution in [-0.2, 0) is 14.3 Å². The average molecular weight is 457 g/mol. The molecule has 32 heavy (non-hydrogen) atoms. The number of carbonyl (C=O) groups is 3. The van der Waals surface area contributed by atoms with Crippen LogP contribution in [0.2, 0.25) is 0 Å². The van der Waals surface area contributed by atoms with Crippen molar-refractivity contribution in [1.29, 1.82) is 0 Å². The SMILES string of the molecule is CC(C)[C@@H](NC(=O)CSCCNC(=O)OCC1c2ccccc2-c2ccccc21)C(=O)O. The largest absolute Gasteiger partial charge is 0.480 e. The maximum absolute atomic E-state index is 12.1. The summed E-state index contributed by atoms with van der Waals surface area (Å²) in [5, 5.41) is 14.3. The molecule has 0 spiro atoms. The molecule has 3 N–H and O–H groups in total. The van der Waals surface area contributed by atoms with Gasteiger partial charge in [0.1, 0.15) is 12.6 Å². The maximum Gasteiger partial charge on any atom is 0.407 e. The molecule has 2 aromatic rings. The first-order chi connectivity index (χ1) is 15.4. The molecule has 0 fully saturated rings. The molecule has 0 heterocycles. The van der Waals surface area contributed by atoms with Crippen LogP contribution in [0.4, 0.5) is 4.79 Å². The Kier molecular flexibility index (Phi) is 8.16. The zero-order valence-electron chi connectivity index (χ0n) is 18.2. The van der Waals surface area contributed by atoms with Gasteiger partial charge in [-0.1, -0.05) is 62.4 Å². The summed E-state index contributed by atoms with van der Waals surface area (Å²) < 4.78 is 5.47. The zero-order chi connectivity index (χ0) is 23.1. The molecular weight excluding hydrogens is 428 g/mol. The van der Waals surface area contributed by atoms with Gasteiger partial charge in [0, 0.05) is 18.2 Å². The lowest BCUT2D eigenvalue weighted by Crippen LogP contribution is -2.45. The van der Waals surface area contributed by atoms with Crippen molar-refractivity contribution < 1.29 is 24.2 Å². The number of amides is 2. The van der Waals surface area contributed by atoms with E-state index in [-0.39, 0.29) is 30.1 Å². The van der Waals surface area contributed by atoms with Crippen molar-refractivity contribution >= 4 is 29.7 Å².